The second kappa shape index (κ2) is 6.28. The van der Waals surface area contributed by atoms with E-state index in [0.29, 0.717) is 5.75 Å². The first kappa shape index (κ1) is 17.4. The third-order valence-corrected chi connectivity index (χ3v) is 7.19. The van der Waals surface area contributed by atoms with Crippen molar-refractivity contribution in [2.45, 2.75) is 38.0 Å². The Kier molecular flexibility index (Phi) is 4.20. The summed E-state index contributed by atoms with van der Waals surface area (Å²) in [7, 11) is -3.40. The lowest BCUT2D eigenvalue weighted by atomic mass is 9.86. The predicted octanol–water partition coefficient (Wildman–Crippen LogP) is 3.57. The molecule has 1 N–H and O–H groups in total. The summed E-state index contributed by atoms with van der Waals surface area (Å²) in [5, 5.41) is -0.483. The average molecular weight is 373 g/mol. The highest BCUT2D eigenvalue weighted by atomic mass is 32.2. The van der Waals surface area contributed by atoms with Gasteiger partial charge in [0.05, 0.1) is 11.3 Å². The van der Waals surface area contributed by atoms with Gasteiger partial charge < -0.3 is 9.47 Å². The lowest BCUT2D eigenvalue weighted by Crippen LogP contribution is -2.36. The number of benzene rings is 2. The maximum Gasteiger partial charge on any atom is 0.231 e. The maximum atomic E-state index is 12.6. The maximum absolute atomic E-state index is 12.6. The summed E-state index contributed by atoms with van der Waals surface area (Å²) in [5.41, 5.74) is 3.25. The Morgan fingerprint density at radius 3 is 2.27 bits per heavy atom. The van der Waals surface area contributed by atoms with E-state index in [1.54, 1.807) is 13.8 Å². The van der Waals surface area contributed by atoms with E-state index in [2.05, 4.69) is 23.8 Å². The molecule has 0 aromatic heterocycles. The van der Waals surface area contributed by atoms with Crippen LogP contribution >= 0.6 is 0 Å². The summed E-state index contributed by atoms with van der Waals surface area (Å²) in [6.45, 7) is 5.68. The fourth-order valence-corrected chi connectivity index (χ4v) is 4.87. The van der Waals surface area contributed by atoms with Gasteiger partial charge in [-0.15, -0.1) is 0 Å². The summed E-state index contributed by atoms with van der Waals surface area (Å²) in [5.74, 6) is 1.58. The Hall–Kier alpha value is -2.05. The number of rotatable bonds is 4. The number of sulfonamides is 1. The molecule has 2 aromatic carbocycles. The number of hydrogen-bond donors (Lipinski definition) is 1. The van der Waals surface area contributed by atoms with E-state index < -0.39 is 15.3 Å². The molecule has 0 unspecified atom stereocenters. The molecule has 1 heterocycles. The zero-order chi connectivity index (χ0) is 18.5. The third-order valence-electron chi connectivity index (χ3n) is 5.37. The lowest BCUT2D eigenvalue weighted by Gasteiger charge is -2.23. The smallest absolute Gasteiger partial charge is 0.231 e. The first-order valence-corrected chi connectivity index (χ1v) is 10.4. The van der Waals surface area contributed by atoms with Crippen molar-refractivity contribution in [2.75, 3.05) is 6.79 Å². The molecule has 0 spiro atoms. The van der Waals surface area contributed by atoms with E-state index in [1.165, 1.54) is 5.56 Å². The second-order valence-corrected chi connectivity index (χ2v) is 9.54. The first-order chi connectivity index (χ1) is 12.4. The van der Waals surface area contributed by atoms with Crippen LogP contribution in [0, 0.1) is 5.92 Å². The predicted molar refractivity (Wildman–Crippen MR) is 99.9 cm³/mol. The van der Waals surface area contributed by atoms with Crippen LogP contribution in [0.25, 0.3) is 0 Å². The molecular weight excluding hydrogens is 350 g/mol. The topological polar surface area (TPSA) is 64.6 Å². The fourth-order valence-electron chi connectivity index (χ4n) is 3.90. The summed E-state index contributed by atoms with van der Waals surface area (Å²) in [6, 6.07) is 13.9. The Bertz CT molecular complexity index is 924. The van der Waals surface area contributed by atoms with E-state index in [9.17, 15) is 8.42 Å². The minimum atomic E-state index is -3.40. The fraction of sp³-hybridized carbons (Fsp3) is 0.400. The van der Waals surface area contributed by atoms with Crippen molar-refractivity contribution < 1.29 is 17.9 Å². The number of fused-ring (bicyclic) bond motifs is 2. The molecule has 0 fully saturated rings. The van der Waals surface area contributed by atoms with Crippen LogP contribution in [-0.4, -0.2) is 20.5 Å². The van der Waals surface area contributed by atoms with Crippen molar-refractivity contribution in [1.82, 2.24) is 4.72 Å². The van der Waals surface area contributed by atoms with Crippen LogP contribution in [0.1, 0.15) is 49.4 Å². The van der Waals surface area contributed by atoms with Crippen LogP contribution in [0.5, 0.6) is 11.5 Å². The second-order valence-electron chi connectivity index (χ2n) is 7.27. The first-order valence-electron chi connectivity index (χ1n) is 8.88. The van der Waals surface area contributed by atoms with Crippen LogP contribution < -0.4 is 14.2 Å². The van der Waals surface area contributed by atoms with Gasteiger partial charge in [-0.1, -0.05) is 37.3 Å². The van der Waals surface area contributed by atoms with Gasteiger partial charge in [-0.25, -0.2) is 13.1 Å². The van der Waals surface area contributed by atoms with Crippen LogP contribution in [0.4, 0.5) is 0 Å². The summed E-state index contributed by atoms with van der Waals surface area (Å²) < 4.78 is 39.1. The Morgan fingerprint density at radius 2 is 1.65 bits per heavy atom. The van der Waals surface area contributed by atoms with Crippen molar-refractivity contribution >= 4 is 10.0 Å². The van der Waals surface area contributed by atoms with Crippen LogP contribution in [0.3, 0.4) is 0 Å². The van der Waals surface area contributed by atoms with E-state index in [-0.39, 0.29) is 24.7 Å². The van der Waals surface area contributed by atoms with Crippen molar-refractivity contribution in [1.29, 1.82) is 0 Å². The van der Waals surface area contributed by atoms with E-state index in [4.69, 9.17) is 9.47 Å². The summed E-state index contributed by atoms with van der Waals surface area (Å²) in [4.78, 5) is 0. The molecule has 0 saturated heterocycles. The number of nitrogens with one attached hydrogen (secondary N) is 1. The van der Waals surface area contributed by atoms with Crippen LogP contribution in [0.2, 0.25) is 0 Å². The van der Waals surface area contributed by atoms with Crippen LogP contribution in [-0.2, 0) is 10.0 Å². The van der Waals surface area contributed by atoms with Gasteiger partial charge in [0.25, 0.3) is 0 Å². The Balaban J connectivity index is 1.83. The van der Waals surface area contributed by atoms with Gasteiger partial charge >= 0.3 is 0 Å². The highest BCUT2D eigenvalue weighted by Gasteiger charge is 2.42. The third kappa shape index (κ3) is 2.77. The molecule has 138 valence electrons. The molecule has 2 aromatic rings. The Labute approximate surface area is 154 Å². The van der Waals surface area contributed by atoms with E-state index >= 15 is 0 Å². The van der Waals surface area contributed by atoms with Gasteiger partial charge in [-0.05, 0) is 48.6 Å². The Morgan fingerprint density at radius 1 is 1.04 bits per heavy atom. The minimum Gasteiger partial charge on any atom is -0.454 e. The molecule has 0 radical (unpaired) electrons. The molecule has 4 rings (SSSR count). The zero-order valence-electron chi connectivity index (χ0n) is 15.1. The molecule has 5 nitrogen and oxygen atoms in total. The van der Waals surface area contributed by atoms with Crippen molar-refractivity contribution in [2.24, 2.45) is 5.92 Å². The molecule has 1 aliphatic carbocycles. The standard InChI is InChI=1S/C20H23NO4S/c1-12(2)26(22,23)21-20-13(3)19(14-7-5-4-6-8-14)15-9-17-18(10-16(15)20)25-11-24-17/h4-10,12-13,19-21H,11H2,1-3H3/t13-,19+,20+/m1/s1. The van der Waals surface area contributed by atoms with Crippen molar-refractivity contribution in [3.63, 3.8) is 0 Å². The minimum absolute atomic E-state index is 0.0726. The lowest BCUT2D eigenvalue weighted by molar-refractivity contribution is 0.173. The average Bonchev–Trinajstić information content (AvgIpc) is 3.16. The van der Waals surface area contributed by atoms with Gasteiger partial charge in [-0.3, -0.25) is 0 Å². The summed E-state index contributed by atoms with van der Waals surface area (Å²) in [6.07, 6.45) is 0. The molecule has 1 aliphatic heterocycles. The molecule has 26 heavy (non-hydrogen) atoms. The van der Waals surface area contributed by atoms with Crippen LogP contribution in [0.15, 0.2) is 42.5 Å². The molecule has 0 amide bonds. The van der Waals surface area contributed by atoms with Crippen molar-refractivity contribution in [3.05, 3.63) is 59.2 Å². The molecule has 3 atom stereocenters. The molecule has 2 aliphatic rings. The van der Waals surface area contributed by atoms with E-state index in [0.717, 1.165) is 16.9 Å². The van der Waals surface area contributed by atoms with Gasteiger partial charge in [0.1, 0.15) is 0 Å². The highest BCUT2D eigenvalue weighted by molar-refractivity contribution is 7.90. The molecule has 6 heteroatoms. The number of ether oxygens (including phenoxy) is 2. The van der Waals surface area contributed by atoms with Gasteiger partial charge in [0, 0.05) is 5.92 Å². The summed E-state index contributed by atoms with van der Waals surface area (Å²) >= 11 is 0. The van der Waals surface area contributed by atoms with Gasteiger partial charge in [0.15, 0.2) is 11.5 Å². The number of hydrogen-bond acceptors (Lipinski definition) is 4. The van der Waals surface area contributed by atoms with Gasteiger partial charge in [0.2, 0.25) is 16.8 Å². The highest BCUT2D eigenvalue weighted by Crippen LogP contribution is 2.52. The van der Waals surface area contributed by atoms with Gasteiger partial charge in [-0.2, -0.15) is 0 Å². The van der Waals surface area contributed by atoms with E-state index in [1.807, 2.05) is 30.3 Å². The quantitative estimate of drug-likeness (QED) is 0.890. The molecule has 0 bridgehead atoms. The van der Waals surface area contributed by atoms with Crippen molar-refractivity contribution in [3.8, 4) is 11.5 Å². The zero-order valence-corrected chi connectivity index (χ0v) is 15.9. The largest absolute Gasteiger partial charge is 0.454 e. The monoisotopic (exact) mass is 373 g/mol. The normalized spacial score (nSPS) is 24.1. The molecular formula is C20H23NO4S. The molecule has 0 saturated carbocycles. The SMILES string of the molecule is CC(C)S(=O)(=O)N[C@@H]1c2cc3c(cc2[C@H](c2ccccc2)[C@H]1C)OCO3.